The van der Waals surface area contributed by atoms with Crippen LogP contribution in [0, 0.1) is 32.6 Å². The van der Waals surface area contributed by atoms with Crippen molar-refractivity contribution in [2.45, 2.75) is 107 Å². The van der Waals surface area contributed by atoms with E-state index in [9.17, 15) is 5.11 Å². The molecule has 0 radical (unpaired) electrons. The number of hydrogen-bond donors (Lipinski definition) is 1. The van der Waals surface area contributed by atoms with Gasteiger partial charge in [0.2, 0.25) is 0 Å². The molecule has 3 heteroatoms. The Labute approximate surface area is 229 Å². The molecular weight excluding hydrogens is 452 g/mol. The van der Waals surface area contributed by atoms with Gasteiger partial charge >= 0.3 is 0 Å². The van der Waals surface area contributed by atoms with Crippen LogP contribution in [-0.4, -0.2) is 53.2 Å². The Bertz CT molecular complexity index is 960. The van der Waals surface area contributed by atoms with Crippen LogP contribution in [0.5, 0.6) is 0 Å². The molecule has 2 aromatic rings. The van der Waals surface area contributed by atoms with Gasteiger partial charge in [-0.3, -0.25) is 4.90 Å². The largest absolute Gasteiger partial charge is 0.380 e. The van der Waals surface area contributed by atoms with Gasteiger partial charge in [-0.25, -0.2) is 0 Å². The zero-order valence-electron chi connectivity index (χ0n) is 25.3. The molecule has 0 aromatic heterocycles. The van der Waals surface area contributed by atoms with Gasteiger partial charge in [0.15, 0.2) is 0 Å². The number of aliphatic hydroxyl groups excluding tert-OH is 1. The predicted molar refractivity (Wildman–Crippen MR) is 162 cm³/mol. The van der Waals surface area contributed by atoms with Crippen molar-refractivity contribution in [2.24, 2.45) is 0 Å². The molecule has 206 valence electrons. The van der Waals surface area contributed by atoms with Gasteiger partial charge in [-0.1, -0.05) is 83.2 Å². The van der Waals surface area contributed by atoms with Crippen LogP contribution in [0.1, 0.15) is 94.2 Å². The lowest BCUT2D eigenvalue weighted by atomic mass is 9.97. The molecule has 1 aliphatic rings. The van der Waals surface area contributed by atoms with Gasteiger partial charge in [0.25, 0.3) is 0 Å². The third-order valence-electron chi connectivity index (χ3n) is 7.23. The fraction of sp³-hybridized carbons (Fsp3) is 0.588. The normalized spacial score (nSPS) is 14.6. The molecule has 1 heterocycles. The first kappa shape index (κ1) is 32.9. The van der Waals surface area contributed by atoms with Crippen molar-refractivity contribution >= 4 is 0 Å². The van der Waals surface area contributed by atoms with Crippen LogP contribution in [0.25, 0.3) is 0 Å². The Balaban J connectivity index is 0.00000163. The van der Waals surface area contributed by atoms with E-state index in [-0.39, 0.29) is 0 Å². The van der Waals surface area contributed by atoms with Gasteiger partial charge in [0.05, 0.1) is 0 Å². The summed E-state index contributed by atoms with van der Waals surface area (Å²) >= 11 is 0. The molecule has 0 amide bonds. The lowest BCUT2D eigenvalue weighted by molar-refractivity contribution is 0.112. The maximum atomic E-state index is 10.4. The Kier molecular flexibility index (Phi) is 16.2. The fourth-order valence-electron chi connectivity index (χ4n) is 5.00. The number of aryl methyl sites for hydroxylation is 3. The van der Waals surface area contributed by atoms with Crippen molar-refractivity contribution < 1.29 is 5.11 Å². The molecule has 2 aromatic carbocycles. The summed E-state index contributed by atoms with van der Waals surface area (Å²) < 4.78 is 0. The van der Waals surface area contributed by atoms with Gasteiger partial charge in [-0.2, -0.15) is 0 Å². The third-order valence-corrected chi connectivity index (χ3v) is 7.23. The average Bonchev–Trinajstić information content (AvgIpc) is 2.93. The molecule has 0 aliphatic carbocycles. The SMILES string of the molecule is CC.CC.CCN(CC)C1CCN(Cc2cc(C#CC(O)CCc3cccc(C)c3)cc(C)c2C)CC1. The topological polar surface area (TPSA) is 26.7 Å². The highest BCUT2D eigenvalue weighted by molar-refractivity contribution is 5.45. The quantitative estimate of drug-likeness (QED) is 0.380. The highest BCUT2D eigenvalue weighted by atomic mass is 16.3. The van der Waals surface area contributed by atoms with Crippen LogP contribution in [0.2, 0.25) is 0 Å². The molecule has 37 heavy (non-hydrogen) atoms. The maximum Gasteiger partial charge on any atom is 0.115 e. The highest BCUT2D eigenvalue weighted by Gasteiger charge is 2.23. The third kappa shape index (κ3) is 11.0. The molecule has 3 nitrogen and oxygen atoms in total. The number of hydrogen-bond acceptors (Lipinski definition) is 3. The van der Waals surface area contributed by atoms with E-state index in [0.717, 1.165) is 50.7 Å². The second kappa shape index (κ2) is 18.2. The molecule has 1 unspecified atom stereocenters. The summed E-state index contributed by atoms with van der Waals surface area (Å²) in [5.74, 6) is 6.33. The van der Waals surface area contributed by atoms with Crippen molar-refractivity contribution in [3.8, 4) is 11.8 Å². The lowest BCUT2D eigenvalue weighted by Crippen LogP contribution is -2.44. The summed E-state index contributed by atoms with van der Waals surface area (Å²) in [6, 6.07) is 13.6. The van der Waals surface area contributed by atoms with Crippen LogP contribution in [0.3, 0.4) is 0 Å². The summed E-state index contributed by atoms with van der Waals surface area (Å²) in [6.45, 7) is 24.6. The monoisotopic (exact) mass is 506 g/mol. The number of aliphatic hydroxyl groups is 1. The summed E-state index contributed by atoms with van der Waals surface area (Å²) in [6.07, 6.45) is 3.42. The van der Waals surface area contributed by atoms with Gasteiger partial charge in [-0.05, 0) is 107 Å². The smallest absolute Gasteiger partial charge is 0.115 e. The first-order valence-corrected chi connectivity index (χ1v) is 14.7. The predicted octanol–water partition coefficient (Wildman–Crippen LogP) is 7.32. The van der Waals surface area contributed by atoms with E-state index < -0.39 is 6.10 Å². The number of nitrogens with zero attached hydrogens (tertiary/aromatic N) is 2. The van der Waals surface area contributed by atoms with Crippen molar-refractivity contribution in [2.75, 3.05) is 26.2 Å². The highest BCUT2D eigenvalue weighted by Crippen LogP contribution is 2.22. The summed E-state index contributed by atoms with van der Waals surface area (Å²) in [4.78, 5) is 5.20. The minimum atomic E-state index is -0.602. The Morgan fingerprint density at radius 3 is 2.22 bits per heavy atom. The second-order valence-corrected chi connectivity index (χ2v) is 9.62. The Morgan fingerprint density at radius 1 is 0.973 bits per heavy atom. The summed E-state index contributed by atoms with van der Waals surface area (Å²) in [5.41, 5.74) is 7.55. The standard InChI is InChI=1S/C30H42N2O.2C2H6/c1-6-32(7-2)29-15-17-31(18-16-29)22-28-21-27(20-24(4)25(28)5)12-14-30(33)13-11-26-10-8-9-23(3)19-26;2*1-2/h8-10,19-21,29-30,33H,6-7,11,13,15-18,22H2,1-5H3;2*1-2H3. The molecule has 1 aliphatic heterocycles. The molecular formula is C34H54N2O. The molecule has 1 atom stereocenters. The van der Waals surface area contributed by atoms with E-state index in [2.05, 4.69) is 92.7 Å². The van der Waals surface area contributed by atoms with Crippen molar-refractivity contribution in [1.29, 1.82) is 0 Å². The van der Waals surface area contributed by atoms with E-state index in [1.54, 1.807) is 0 Å². The second-order valence-electron chi connectivity index (χ2n) is 9.62. The van der Waals surface area contributed by atoms with Crippen molar-refractivity contribution in [3.63, 3.8) is 0 Å². The lowest BCUT2D eigenvalue weighted by Gasteiger charge is -2.38. The zero-order valence-corrected chi connectivity index (χ0v) is 25.3. The summed E-state index contributed by atoms with van der Waals surface area (Å²) in [7, 11) is 0. The number of piperidine rings is 1. The Hall–Kier alpha value is -2.12. The van der Waals surface area contributed by atoms with E-state index in [1.807, 2.05) is 27.7 Å². The first-order chi connectivity index (χ1) is 17.9. The van der Waals surface area contributed by atoms with E-state index in [1.165, 1.54) is 40.7 Å². The molecule has 1 N–H and O–H groups in total. The maximum absolute atomic E-state index is 10.4. The van der Waals surface area contributed by atoms with Crippen LogP contribution in [0.15, 0.2) is 36.4 Å². The van der Waals surface area contributed by atoms with Gasteiger partial charge in [0.1, 0.15) is 6.10 Å². The van der Waals surface area contributed by atoms with E-state index in [0.29, 0.717) is 6.42 Å². The van der Waals surface area contributed by atoms with Crippen LogP contribution < -0.4 is 0 Å². The van der Waals surface area contributed by atoms with Gasteiger partial charge < -0.3 is 10.0 Å². The van der Waals surface area contributed by atoms with Gasteiger partial charge in [0, 0.05) is 18.2 Å². The summed E-state index contributed by atoms with van der Waals surface area (Å²) in [5, 5.41) is 10.4. The molecule has 1 saturated heterocycles. The first-order valence-electron chi connectivity index (χ1n) is 14.7. The molecule has 0 bridgehead atoms. The Morgan fingerprint density at radius 2 is 1.62 bits per heavy atom. The fourth-order valence-corrected chi connectivity index (χ4v) is 5.00. The van der Waals surface area contributed by atoms with Crippen LogP contribution >= 0.6 is 0 Å². The van der Waals surface area contributed by atoms with E-state index >= 15 is 0 Å². The van der Waals surface area contributed by atoms with Crippen molar-refractivity contribution in [3.05, 3.63) is 69.8 Å². The van der Waals surface area contributed by atoms with Gasteiger partial charge in [-0.15, -0.1) is 0 Å². The van der Waals surface area contributed by atoms with Crippen LogP contribution in [-0.2, 0) is 13.0 Å². The van der Waals surface area contributed by atoms with Crippen molar-refractivity contribution in [1.82, 2.24) is 9.80 Å². The van der Waals surface area contributed by atoms with Crippen LogP contribution in [0.4, 0.5) is 0 Å². The molecule has 0 saturated carbocycles. The minimum absolute atomic E-state index is 0.602. The number of benzene rings is 2. The number of rotatable bonds is 8. The van der Waals surface area contributed by atoms with E-state index in [4.69, 9.17) is 0 Å². The molecule has 3 rings (SSSR count). The molecule has 1 fully saturated rings. The zero-order chi connectivity index (χ0) is 27.8. The minimum Gasteiger partial charge on any atom is -0.380 e. The number of likely N-dealkylation sites (tertiary alicyclic amines) is 1. The molecule has 0 spiro atoms. The average molecular weight is 507 g/mol.